The van der Waals surface area contributed by atoms with Gasteiger partial charge in [0.05, 0.1) is 6.54 Å². The summed E-state index contributed by atoms with van der Waals surface area (Å²) in [6.07, 6.45) is -0.949. The van der Waals surface area contributed by atoms with Crippen LogP contribution in [0.3, 0.4) is 0 Å². The van der Waals surface area contributed by atoms with Crippen molar-refractivity contribution in [2.75, 3.05) is 6.54 Å². The summed E-state index contributed by atoms with van der Waals surface area (Å²) in [4.78, 5) is 35.3. The summed E-state index contributed by atoms with van der Waals surface area (Å²) < 4.78 is 5.09. The van der Waals surface area contributed by atoms with E-state index in [1.807, 2.05) is 0 Å². The topological polar surface area (TPSA) is 83.9 Å². The molecule has 0 saturated carbocycles. The van der Waals surface area contributed by atoms with Gasteiger partial charge in [-0.2, -0.15) is 0 Å². The van der Waals surface area contributed by atoms with E-state index in [0.717, 1.165) is 4.90 Å². The smallest absolute Gasteiger partial charge is 0.411 e. The van der Waals surface area contributed by atoms with Crippen molar-refractivity contribution in [3.8, 4) is 0 Å². The third kappa shape index (κ3) is 2.75. The summed E-state index contributed by atoms with van der Waals surface area (Å²) in [6, 6.07) is 0. The zero-order valence-corrected chi connectivity index (χ0v) is 10.4. The Bertz CT molecular complexity index is 371. The van der Waals surface area contributed by atoms with Crippen molar-refractivity contribution in [3.05, 3.63) is 0 Å². The molecule has 1 aliphatic heterocycles. The van der Waals surface area contributed by atoms with Gasteiger partial charge >= 0.3 is 12.1 Å². The summed E-state index contributed by atoms with van der Waals surface area (Å²) in [5, 5.41) is 9.11. The predicted molar refractivity (Wildman–Crippen MR) is 58.6 cm³/mol. The van der Waals surface area contributed by atoms with Gasteiger partial charge in [-0.15, -0.1) is 0 Å². The van der Waals surface area contributed by atoms with Gasteiger partial charge in [0.15, 0.2) is 5.78 Å². The number of amides is 1. The maximum atomic E-state index is 11.8. The van der Waals surface area contributed by atoms with E-state index in [1.54, 1.807) is 20.8 Å². The number of ether oxygens (including phenoxy) is 1. The highest BCUT2D eigenvalue weighted by molar-refractivity contribution is 5.98. The number of nitrogens with zero attached hydrogens (tertiary/aromatic N) is 1. The average molecular weight is 243 g/mol. The number of hydrogen-bond donors (Lipinski definition) is 1. The molecule has 1 amide bonds. The number of hydrogen-bond acceptors (Lipinski definition) is 4. The third-order valence-electron chi connectivity index (χ3n) is 2.55. The Balaban J connectivity index is 2.92. The Morgan fingerprint density at radius 1 is 1.41 bits per heavy atom. The molecule has 0 bridgehead atoms. The second-order valence-electron chi connectivity index (χ2n) is 5.36. The highest BCUT2D eigenvalue weighted by Gasteiger charge is 2.51. The molecule has 0 radical (unpaired) electrons. The molecule has 1 N–H and O–H groups in total. The molecule has 0 aromatic rings. The summed E-state index contributed by atoms with van der Waals surface area (Å²) in [5.41, 5.74) is -2.22. The first-order valence-electron chi connectivity index (χ1n) is 5.32. The molecule has 1 heterocycles. The SMILES string of the molecule is CC(C)(C)OC(=O)N1CC(=O)C[C@@]1(C)C(=O)O. The minimum atomic E-state index is -1.50. The first kappa shape index (κ1) is 13.5. The van der Waals surface area contributed by atoms with Crippen molar-refractivity contribution in [2.45, 2.75) is 45.3 Å². The number of ketones is 1. The average Bonchev–Trinajstić information content (AvgIpc) is 2.40. The Labute approximate surface area is 99.5 Å². The second-order valence-corrected chi connectivity index (χ2v) is 5.36. The van der Waals surface area contributed by atoms with Crippen molar-refractivity contribution >= 4 is 17.8 Å². The van der Waals surface area contributed by atoms with Crippen molar-refractivity contribution in [2.24, 2.45) is 0 Å². The number of rotatable bonds is 1. The van der Waals surface area contributed by atoms with Gasteiger partial charge in [-0.3, -0.25) is 9.69 Å². The number of carbonyl (C=O) groups is 3. The fourth-order valence-electron chi connectivity index (χ4n) is 1.66. The van der Waals surface area contributed by atoms with E-state index in [2.05, 4.69) is 0 Å². The fraction of sp³-hybridized carbons (Fsp3) is 0.727. The van der Waals surface area contributed by atoms with E-state index in [-0.39, 0.29) is 18.7 Å². The summed E-state index contributed by atoms with van der Waals surface area (Å²) in [7, 11) is 0. The van der Waals surface area contributed by atoms with Crippen molar-refractivity contribution in [1.82, 2.24) is 4.90 Å². The van der Waals surface area contributed by atoms with Crippen molar-refractivity contribution < 1.29 is 24.2 Å². The Morgan fingerprint density at radius 3 is 2.35 bits per heavy atom. The molecule has 1 fully saturated rings. The Hall–Kier alpha value is -1.59. The molecule has 1 aliphatic rings. The van der Waals surface area contributed by atoms with Crippen LogP contribution in [0.2, 0.25) is 0 Å². The van der Waals surface area contributed by atoms with E-state index in [9.17, 15) is 14.4 Å². The Kier molecular flexibility index (Phi) is 3.18. The number of Topliss-reactive ketones (excluding diaryl/α,β-unsaturated/α-hetero) is 1. The van der Waals surface area contributed by atoms with Crippen molar-refractivity contribution in [1.29, 1.82) is 0 Å². The van der Waals surface area contributed by atoms with E-state index in [4.69, 9.17) is 9.84 Å². The van der Waals surface area contributed by atoms with Gasteiger partial charge in [0.1, 0.15) is 11.1 Å². The van der Waals surface area contributed by atoms with Crippen LogP contribution in [0, 0.1) is 0 Å². The van der Waals surface area contributed by atoms with Gasteiger partial charge in [-0.25, -0.2) is 9.59 Å². The van der Waals surface area contributed by atoms with Gasteiger partial charge in [0, 0.05) is 6.42 Å². The molecular formula is C11H17NO5. The third-order valence-corrected chi connectivity index (χ3v) is 2.55. The van der Waals surface area contributed by atoms with Crippen LogP contribution < -0.4 is 0 Å². The summed E-state index contributed by atoms with van der Waals surface area (Å²) in [6.45, 7) is 6.19. The maximum absolute atomic E-state index is 11.8. The van der Waals surface area contributed by atoms with Crippen LogP contribution in [-0.2, 0) is 14.3 Å². The van der Waals surface area contributed by atoms with Crippen LogP contribution in [-0.4, -0.2) is 45.5 Å². The minimum absolute atomic E-state index is 0.179. The van der Waals surface area contributed by atoms with E-state index < -0.39 is 23.2 Å². The predicted octanol–water partition coefficient (Wildman–Crippen LogP) is 1.04. The molecule has 6 heteroatoms. The molecule has 0 aromatic carbocycles. The van der Waals surface area contributed by atoms with Crippen LogP contribution in [0.5, 0.6) is 0 Å². The fourth-order valence-corrected chi connectivity index (χ4v) is 1.66. The van der Waals surface area contributed by atoms with Gasteiger partial charge < -0.3 is 9.84 Å². The lowest BCUT2D eigenvalue weighted by atomic mass is 9.99. The Morgan fingerprint density at radius 2 is 1.94 bits per heavy atom. The molecule has 17 heavy (non-hydrogen) atoms. The molecule has 0 unspecified atom stereocenters. The second kappa shape index (κ2) is 4.01. The van der Waals surface area contributed by atoms with Crippen LogP contribution in [0.1, 0.15) is 34.1 Å². The number of carbonyl (C=O) groups excluding carboxylic acids is 2. The van der Waals surface area contributed by atoms with Crippen LogP contribution >= 0.6 is 0 Å². The van der Waals surface area contributed by atoms with Gasteiger partial charge in [0.25, 0.3) is 0 Å². The molecule has 0 aromatic heterocycles. The monoisotopic (exact) mass is 243 g/mol. The molecule has 0 spiro atoms. The lowest BCUT2D eigenvalue weighted by molar-refractivity contribution is -0.148. The van der Waals surface area contributed by atoms with E-state index in [0.29, 0.717) is 0 Å². The molecule has 96 valence electrons. The summed E-state index contributed by atoms with van der Waals surface area (Å²) in [5.74, 6) is -1.48. The van der Waals surface area contributed by atoms with Gasteiger partial charge in [-0.05, 0) is 27.7 Å². The van der Waals surface area contributed by atoms with Gasteiger partial charge in [-0.1, -0.05) is 0 Å². The zero-order chi connectivity index (χ0) is 13.4. The van der Waals surface area contributed by atoms with Crippen LogP contribution in [0.25, 0.3) is 0 Å². The molecule has 6 nitrogen and oxygen atoms in total. The van der Waals surface area contributed by atoms with Crippen LogP contribution in [0.15, 0.2) is 0 Å². The van der Waals surface area contributed by atoms with Gasteiger partial charge in [0.2, 0.25) is 0 Å². The number of carboxylic acid groups (broad SMARTS) is 1. The molecular weight excluding hydrogens is 226 g/mol. The number of likely N-dealkylation sites (tertiary alicyclic amines) is 1. The summed E-state index contributed by atoms with van der Waals surface area (Å²) >= 11 is 0. The molecule has 1 saturated heterocycles. The van der Waals surface area contributed by atoms with Crippen LogP contribution in [0.4, 0.5) is 4.79 Å². The molecule has 1 rings (SSSR count). The number of carboxylic acids is 1. The minimum Gasteiger partial charge on any atom is -0.479 e. The molecule has 1 atom stereocenters. The van der Waals surface area contributed by atoms with E-state index in [1.165, 1.54) is 6.92 Å². The quantitative estimate of drug-likeness (QED) is 0.743. The van der Waals surface area contributed by atoms with Crippen molar-refractivity contribution in [3.63, 3.8) is 0 Å². The lowest BCUT2D eigenvalue weighted by Crippen LogP contribution is -2.52. The largest absolute Gasteiger partial charge is 0.479 e. The highest BCUT2D eigenvalue weighted by Crippen LogP contribution is 2.28. The highest BCUT2D eigenvalue weighted by atomic mass is 16.6. The maximum Gasteiger partial charge on any atom is 0.411 e. The first-order chi connectivity index (χ1) is 7.56. The zero-order valence-electron chi connectivity index (χ0n) is 10.4. The van der Waals surface area contributed by atoms with E-state index >= 15 is 0 Å². The normalized spacial score (nSPS) is 24.9. The molecule has 0 aliphatic carbocycles. The number of aliphatic carboxylic acids is 1. The first-order valence-corrected chi connectivity index (χ1v) is 5.32. The standard InChI is InChI=1S/C11H17NO5/c1-10(2,3)17-9(16)12-6-7(13)5-11(12,4)8(14)15/h5-6H2,1-4H3,(H,14,15)/t11-/m0/s1. The lowest BCUT2D eigenvalue weighted by Gasteiger charge is -2.32.